The minimum absolute atomic E-state index is 0.194. The van der Waals surface area contributed by atoms with E-state index in [9.17, 15) is 4.79 Å². The summed E-state index contributed by atoms with van der Waals surface area (Å²) in [7, 11) is 0. The average Bonchev–Trinajstić information content (AvgIpc) is 2.67. The highest BCUT2D eigenvalue weighted by molar-refractivity contribution is 6.30. The van der Waals surface area contributed by atoms with Gasteiger partial charge in [0.15, 0.2) is 5.76 Å². The van der Waals surface area contributed by atoms with Gasteiger partial charge in [-0.15, -0.1) is 4.99 Å². The molecule has 0 aliphatic rings. The standard InChI is InChI=1S/C10H5ClN2O2/c11-8-3-1-2-7(4-8)9-5-10(12-6-14)13-15-9/h1-5H. The van der Waals surface area contributed by atoms with Crippen LogP contribution in [0.25, 0.3) is 11.3 Å². The summed E-state index contributed by atoms with van der Waals surface area (Å²) in [5, 5.41) is 4.17. The first-order valence-corrected chi connectivity index (χ1v) is 4.48. The summed E-state index contributed by atoms with van der Waals surface area (Å²) < 4.78 is 4.98. The molecule has 0 aliphatic carbocycles. The lowest BCUT2D eigenvalue weighted by atomic mass is 10.2. The molecule has 2 aromatic rings. The second-order valence-electron chi connectivity index (χ2n) is 2.76. The van der Waals surface area contributed by atoms with E-state index in [-0.39, 0.29) is 5.82 Å². The molecule has 0 amide bonds. The number of halogens is 1. The normalized spacial score (nSPS) is 9.67. The molecule has 0 spiro atoms. The maximum Gasteiger partial charge on any atom is 0.242 e. The number of isocyanates is 1. The van der Waals surface area contributed by atoms with E-state index < -0.39 is 0 Å². The molecule has 0 saturated heterocycles. The van der Waals surface area contributed by atoms with Crippen LogP contribution in [0, 0.1) is 0 Å². The first kappa shape index (κ1) is 9.65. The molecule has 5 heteroatoms. The van der Waals surface area contributed by atoms with Crippen molar-refractivity contribution in [2.45, 2.75) is 0 Å². The monoisotopic (exact) mass is 220 g/mol. The molecule has 0 unspecified atom stereocenters. The molecule has 0 N–H and O–H groups in total. The molecule has 1 aromatic carbocycles. The van der Waals surface area contributed by atoms with E-state index in [1.54, 1.807) is 18.2 Å². The van der Waals surface area contributed by atoms with Crippen molar-refractivity contribution in [3.05, 3.63) is 35.4 Å². The Bertz CT molecular complexity index is 530. The molecule has 0 aliphatic heterocycles. The van der Waals surface area contributed by atoms with Gasteiger partial charge in [-0.05, 0) is 12.1 Å². The van der Waals surface area contributed by atoms with Gasteiger partial charge in [0.05, 0.1) is 0 Å². The van der Waals surface area contributed by atoms with Crippen molar-refractivity contribution in [2.75, 3.05) is 0 Å². The van der Waals surface area contributed by atoms with Crippen molar-refractivity contribution in [1.29, 1.82) is 0 Å². The van der Waals surface area contributed by atoms with Gasteiger partial charge in [0, 0.05) is 16.7 Å². The molecule has 74 valence electrons. The lowest BCUT2D eigenvalue weighted by molar-refractivity contribution is 0.434. The lowest BCUT2D eigenvalue weighted by Crippen LogP contribution is -1.72. The van der Waals surface area contributed by atoms with Crippen molar-refractivity contribution in [3.63, 3.8) is 0 Å². The summed E-state index contributed by atoms with van der Waals surface area (Å²) in [6.07, 6.45) is 1.39. The second-order valence-corrected chi connectivity index (χ2v) is 3.20. The Labute approximate surface area is 90.2 Å². The van der Waals surface area contributed by atoms with Crippen LogP contribution in [-0.4, -0.2) is 11.2 Å². The summed E-state index contributed by atoms with van der Waals surface area (Å²) in [6, 6.07) is 8.64. The van der Waals surface area contributed by atoms with E-state index in [0.29, 0.717) is 10.8 Å². The Balaban J connectivity index is 2.41. The summed E-state index contributed by atoms with van der Waals surface area (Å²) in [6.45, 7) is 0. The SMILES string of the molecule is O=C=Nc1cc(-c2cccc(Cl)c2)on1. The van der Waals surface area contributed by atoms with Gasteiger partial charge in [0.25, 0.3) is 0 Å². The molecular formula is C10H5ClN2O2. The van der Waals surface area contributed by atoms with Crippen molar-refractivity contribution < 1.29 is 9.32 Å². The van der Waals surface area contributed by atoms with Gasteiger partial charge in [-0.2, -0.15) is 0 Å². The molecule has 2 rings (SSSR count). The van der Waals surface area contributed by atoms with E-state index >= 15 is 0 Å². The second kappa shape index (κ2) is 4.09. The van der Waals surface area contributed by atoms with Crippen LogP contribution >= 0.6 is 11.6 Å². The fraction of sp³-hybridized carbons (Fsp3) is 0. The third kappa shape index (κ3) is 2.13. The van der Waals surface area contributed by atoms with Gasteiger partial charge < -0.3 is 4.52 Å². The maximum absolute atomic E-state index is 9.98. The first-order valence-electron chi connectivity index (χ1n) is 4.10. The fourth-order valence-corrected chi connectivity index (χ4v) is 1.33. The summed E-state index contributed by atoms with van der Waals surface area (Å²) >= 11 is 5.81. The molecule has 0 saturated carbocycles. The highest BCUT2D eigenvalue weighted by Gasteiger charge is 2.05. The van der Waals surface area contributed by atoms with Gasteiger partial charge in [-0.25, -0.2) is 4.79 Å². The van der Waals surface area contributed by atoms with E-state index in [1.165, 1.54) is 12.1 Å². The molecule has 1 aromatic heterocycles. The minimum atomic E-state index is 0.194. The van der Waals surface area contributed by atoms with Crippen LogP contribution in [0.2, 0.25) is 5.02 Å². The number of hydrogen-bond acceptors (Lipinski definition) is 4. The highest BCUT2D eigenvalue weighted by Crippen LogP contribution is 2.25. The van der Waals surface area contributed by atoms with E-state index in [2.05, 4.69) is 10.1 Å². The van der Waals surface area contributed by atoms with E-state index in [1.807, 2.05) is 6.07 Å². The number of benzene rings is 1. The first-order chi connectivity index (χ1) is 7.29. The minimum Gasteiger partial charge on any atom is -0.354 e. The van der Waals surface area contributed by atoms with Crippen LogP contribution in [0.4, 0.5) is 5.82 Å². The largest absolute Gasteiger partial charge is 0.354 e. The van der Waals surface area contributed by atoms with Crippen molar-refractivity contribution in [1.82, 2.24) is 5.16 Å². The Morgan fingerprint density at radius 1 is 1.40 bits per heavy atom. The zero-order valence-electron chi connectivity index (χ0n) is 7.48. The Kier molecular flexibility index (Phi) is 2.63. The summed E-state index contributed by atoms with van der Waals surface area (Å²) in [5.74, 6) is 0.700. The Hall–Kier alpha value is -1.90. The molecule has 15 heavy (non-hydrogen) atoms. The third-order valence-electron chi connectivity index (χ3n) is 1.77. The van der Waals surface area contributed by atoms with Gasteiger partial charge in [-0.1, -0.05) is 28.9 Å². The molecule has 0 radical (unpaired) electrons. The highest BCUT2D eigenvalue weighted by atomic mass is 35.5. The number of aromatic nitrogens is 1. The van der Waals surface area contributed by atoms with Gasteiger partial charge in [0.2, 0.25) is 11.9 Å². The van der Waals surface area contributed by atoms with Gasteiger partial charge in [-0.3, -0.25) is 0 Å². The van der Waals surface area contributed by atoms with E-state index in [0.717, 1.165) is 5.56 Å². The van der Waals surface area contributed by atoms with Crippen LogP contribution in [-0.2, 0) is 4.79 Å². The van der Waals surface area contributed by atoms with Gasteiger partial charge in [0.1, 0.15) is 0 Å². The van der Waals surface area contributed by atoms with Crippen LogP contribution in [0.1, 0.15) is 0 Å². The van der Waals surface area contributed by atoms with Gasteiger partial charge >= 0.3 is 0 Å². The number of aliphatic imine (C=N–C) groups is 1. The Morgan fingerprint density at radius 2 is 2.27 bits per heavy atom. The smallest absolute Gasteiger partial charge is 0.242 e. The number of rotatable bonds is 2. The quantitative estimate of drug-likeness (QED) is 0.578. The number of carbonyl (C=O) groups excluding carboxylic acids is 1. The zero-order chi connectivity index (χ0) is 10.7. The molecule has 0 bridgehead atoms. The maximum atomic E-state index is 9.98. The molecule has 0 atom stereocenters. The van der Waals surface area contributed by atoms with Crippen LogP contribution < -0.4 is 0 Å². The Morgan fingerprint density at radius 3 is 3.00 bits per heavy atom. The van der Waals surface area contributed by atoms with Crippen LogP contribution in [0.3, 0.4) is 0 Å². The predicted octanol–water partition coefficient (Wildman–Crippen LogP) is 2.96. The summed E-state index contributed by atoms with van der Waals surface area (Å²) in [4.78, 5) is 13.3. The van der Waals surface area contributed by atoms with Crippen molar-refractivity contribution in [2.24, 2.45) is 4.99 Å². The number of hydrogen-bond donors (Lipinski definition) is 0. The average molecular weight is 221 g/mol. The van der Waals surface area contributed by atoms with Crippen LogP contribution in [0.5, 0.6) is 0 Å². The van der Waals surface area contributed by atoms with Crippen molar-refractivity contribution >= 4 is 23.5 Å². The number of nitrogens with zero attached hydrogens (tertiary/aromatic N) is 2. The fourth-order valence-electron chi connectivity index (χ4n) is 1.14. The van der Waals surface area contributed by atoms with Crippen molar-refractivity contribution in [3.8, 4) is 11.3 Å². The molecular weight excluding hydrogens is 216 g/mol. The zero-order valence-corrected chi connectivity index (χ0v) is 8.23. The molecule has 1 heterocycles. The topological polar surface area (TPSA) is 55.5 Å². The van der Waals surface area contributed by atoms with Crippen LogP contribution in [0.15, 0.2) is 39.8 Å². The molecule has 4 nitrogen and oxygen atoms in total. The molecule has 0 fully saturated rings. The third-order valence-corrected chi connectivity index (χ3v) is 2.00. The predicted molar refractivity (Wildman–Crippen MR) is 54.7 cm³/mol. The van der Waals surface area contributed by atoms with E-state index in [4.69, 9.17) is 16.1 Å². The lowest BCUT2D eigenvalue weighted by Gasteiger charge is -1.94. The summed E-state index contributed by atoms with van der Waals surface area (Å²) in [5.41, 5.74) is 0.780.